The summed E-state index contributed by atoms with van der Waals surface area (Å²) in [7, 11) is 0. The van der Waals surface area contributed by atoms with Gasteiger partial charge in [-0.1, -0.05) is 0 Å². The van der Waals surface area contributed by atoms with Gasteiger partial charge in [0.2, 0.25) is 5.90 Å². The van der Waals surface area contributed by atoms with Gasteiger partial charge in [-0.15, -0.1) is 5.10 Å². The summed E-state index contributed by atoms with van der Waals surface area (Å²) in [6.45, 7) is 3.75. The van der Waals surface area contributed by atoms with Gasteiger partial charge in [-0.2, -0.15) is 5.10 Å². The predicted molar refractivity (Wildman–Crippen MR) is 43.9 cm³/mol. The molecule has 0 aromatic rings. The lowest BCUT2D eigenvalue weighted by atomic mass is 9.94. The van der Waals surface area contributed by atoms with Crippen molar-refractivity contribution in [3.8, 4) is 0 Å². The molecular weight excluding hydrogens is 156 g/mol. The van der Waals surface area contributed by atoms with Gasteiger partial charge in [0.25, 0.3) is 0 Å². The van der Waals surface area contributed by atoms with Crippen LogP contribution in [0.4, 0.5) is 0 Å². The molecule has 0 bridgehead atoms. The Balaban J connectivity index is 2.43. The van der Waals surface area contributed by atoms with E-state index >= 15 is 0 Å². The molecule has 1 unspecified atom stereocenters. The van der Waals surface area contributed by atoms with E-state index < -0.39 is 0 Å². The molecule has 0 aromatic heterocycles. The van der Waals surface area contributed by atoms with Gasteiger partial charge in [0, 0.05) is 6.08 Å². The second-order valence-corrected chi connectivity index (χ2v) is 2.92. The summed E-state index contributed by atoms with van der Waals surface area (Å²) < 4.78 is 4.87. The third-order valence-electron chi connectivity index (χ3n) is 1.98. The number of nitrogens with zero attached hydrogens (tertiary/aromatic N) is 2. The highest BCUT2D eigenvalue weighted by atomic mass is 16.5. The first-order chi connectivity index (χ1) is 5.68. The molecule has 0 aromatic carbocycles. The van der Waals surface area contributed by atoms with Gasteiger partial charge >= 0.3 is 5.97 Å². The van der Waals surface area contributed by atoms with Crippen LogP contribution in [0.1, 0.15) is 13.8 Å². The van der Waals surface area contributed by atoms with Crippen molar-refractivity contribution in [1.82, 2.24) is 0 Å². The second-order valence-electron chi connectivity index (χ2n) is 2.92. The highest BCUT2D eigenvalue weighted by Gasteiger charge is 2.32. The number of ether oxygens (including phenoxy) is 1. The Hall–Kier alpha value is -1.45. The summed E-state index contributed by atoms with van der Waals surface area (Å²) in [5.41, 5.74) is 1.83. The summed E-state index contributed by atoms with van der Waals surface area (Å²) in [6, 6.07) is 0. The maximum Gasteiger partial charge on any atom is 0.337 e. The Labute approximate surface area is 69.6 Å². The van der Waals surface area contributed by atoms with Crippen LogP contribution < -0.4 is 0 Å². The monoisotopic (exact) mass is 164 g/mol. The van der Waals surface area contributed by atoms with E-state index in [0.717, 1.165) is 11.3 Å². The molecule has 0 aliphatic carbocycles. The molecule has 62 valence electrons. The number of esters is 1. The Morgan fingerprint density at radius 1 is 1.42 bits per heavy atom. The maximum absolute atomic E-state index is 10.9. The first kappa shape index (κ1) is 7.21. The Morgan fingerprint density at radius 2 is 2.17 bits per heavy atom. The van der Waals surface area contributed by atoms with Crippen molar-refractivity contribution < 1.29 is 9.53 Å². The van der Waals surface area contributed by atoms with Gasteiger partial charge in [-0.05, 0) is 19.4 Å². The second kappa shape index (κ2) is 2.27. The van der Waals surface area contributed by atoms with E-state index in [1.807, 2.05) is 13.8 Å². The maximum atomic E-state index is 10.9. The van der Waals surface area contributed by atoms with Crippen LogP contribution in [-0.4, -0.2) is 17.6 Å². The largest absolute Gasteiger partial charge is 0.406 e. The Morgan fingerprint density at radius 3 is 2.92 bits per heavy atom. The number of hydrogen-bond donors (Lipinski definition) is 0. The van der Waals surface area contributed by atoms with Crippen LogP contribution in [0.5, 0.6) is 0 Å². The molecule has 0 radical (unpaired) electrons. The normalized spacial score (nSPS) is 27.0. The number of carbonyl (C=O) groups is 1. The lowest BCUT2D eigenvalue weighted by Crippen LogP contribution is -2.28. The topological polar surface area (TPSA) is 51.0 Å². The molecule has 2 heterocycles. The lowest BCUT2D eigenvalue weighted by molar-refractivity contribution is -0.130. The number of hydrogen-bond acceptors (Lipinski definition) is 4. The minimum Gasteiger partial charge on any atom is -0.406 e. The predicted octanol–water partition coefficient (Wildman–Crippen LogP) is 0.894. The quantitative estimate of drug-likeness (QED) is 0.499. The highest BCUT2D eigenvalue weighted by molar-refractivity contribution is 6.14. The fourth-order valence-electron chi connectivity index (χ4n) is 1.43. The molecule has 1 atom stereocenters. The first-order valence-corrected chi connectivity index (χ1v) is 3.70. The average Bonchev–Trinajstić information content (AvgIpc) is 2.31. The molecule has 12 heavy (non-hydrogen) atoms. The third-order valence-corrected chi connectivity index (χ3v) is 1.98. The van der Waals surface area contributed by atoms with Crippen molar-refractivity contribution in [3.63, 3.8) is 0 Å². The van der Waals surface area contributed by atoms with Crippen molar-refractivity contribution in [1.29, 1.82) is 0 Å². The number of carbonyl (C=O) groups excluding carboxylic acids is 1. The minimum absolute atomic E-state index is 0.00250. The summed E-state index contributed by atoms with van der Waals surface area (Å²) in [5.74, 6) is 0.0626. The number of rotatable bonds is 0. The van der Waals surface area contributed by atoms with Crippen molar-refractivity contribution in [2.24, 2.45) is 16.1 Å². The SMILES string of the molecule is CC1=CC(=O)OC2=NN=C(C)C12. The van der Waals surface area contributed by atoms with E-state index in [-0.39, 0.29) is 11.9 Å². The standard InChI is InChI=1S/C8H8N2O2/c1-4-3-6(11)12-8-7(4)5(2)9-10-8/h3,7H,1-2H3. The molecule has 2 rings (SSSR count). The zero-order chi connectivity index (χ0) is 8.72. The minimum atomic E-state index is -0.354. The molecule has 4 heteroatoms. The number of fused-ring (bicyclic) bond motifs is 1. The summed E-state index contributed by atoms with van der Waals surface area (Å²) in [6.07, 6.45) is 1.48. The van der Waals surface area contributed by atoms with Crippen LogP contribution >= 0.6 is 0 Å². The smallest absolute Gasteiger partial charge is 0.337 e. The zero-order valence-corrected chi connectivity index (χ0v) is 6.87. The molecule has 0 N–H and O–H groups in total. The van der Waals surface area contributed by atoms with E-state index in [1.165, 1.54) is 6.08 Å². The van der Waals surface area contributed by atoms with Crippen LogP contribution in [0.2, 0.25) is 0 Å². The molecular formula is C8H8N2O2. The van der Waals surface area contributed by atoms with Crippen LogP contribution in [0.25, 0.3) is 0 Å². The summed E-state index contributed by atoms with van der Waals surface area (Å²) >= 11 is 0. The molecule has 0 fully saturated rings. The van der Waals surface area contributed by atoms with Crippen LogP contribution in [-0.2, 0) is 9.53 Å². The van der Waals surface area contributed by atoms with Crippen molar-refractivity contribution >= 4 is 17.6 Å². The highest BCUT2D eigenvalue weighted by Crippen LogP contribution is 2.24. The van der Waals surface area contributed by atoms with Gasteiger partial charge in [-0.3, -0.25) is 0 Å². The van der Waals surface area contributed by atoms with Crippen molar-refractivity contribution in [2.45, 2.75) is 13.8 Å². The van der Waals surface area contributed by atoms with Crippen molar-refractivity contribution in [3.05, 3.63) is 11.6 Å². The molecule has 0 saturated carbocycles. The molecule has 0 saturated heterocycles. The van der Waals surface area contributed by atoms with E-state index in [9.17, 15) is 4.79 Å². The lowest BCUT2D eigenvalue weighted by Gasteiger charge is -2.17. The fraction of sp³-hybridized carbons (Fsp3) is 0.375. The molecule has 0 spiro atoms. The van der Waals surface area contributed by atoms with E-state index in [0.29, 0.717) is 5.90 Å². The molecule has 4 nitrogen and oxygen atoms in total. The zero-order valence-electron chi connectivity index (χ0n) is 6.87. The summed E-state index contributed by atoms with van der Waals surface area (Å²) in [4.78, 5) is 10.9. The van der Waals surface area contributed by atoms with Crippen molar-refractivity contribution in [2.75, 3.05) is 0 Å². The Kier molecular flexibility index (Phi) is 1.36. The molecule has 2 aliphatic rings. The third kappa shape index (κ3) is 0.879. The summed E-state index contributed by atoms with van der Waals surface area (Å²) in [5, 5.41) is 7.61. The van der Waals surface area contributed by atoms with Gasteiger partial charge in [0.05, 0.1) is 11.6 Å². The van der Waals surface area contributed by atoms with Crippen LogP contribution in [0, 0.1) is 5.92 Å². The first-order valence-electron chi connectivity index (χ1n) is 3.70. The Bertz CT molecular complexity index is 339. The van der Waals surface area contributed by atoms with E-state index in [2.05, 4.69) is 10.2 Å². The van der Waals surface area contributed by atoms with E-state index in [1.54, 1.807) is 0 Å². The average molecular weight is 164 g/mol. The molecule has 0 amide bonds. The molecule has 2 aliphatic heterocycles. The van der Waals surface area contributed by atoms with Gasteiger partial charge < -0.3 is 4.74 Å². The van der Waals surface area contributed by atoms with E-state index in [4.69, 9.17) is 4.74 Å². The van der Waals surface area contributed by atoms with Crippen LogP contribution in [0.15, 0.2) is 21.9 Å². The van der Waals surface area contributed by atoms with Crippen LogP contribution in [0.3, 0.4) is 0 Å². The van der Waals surface area contributed by atoms with Gasteiger partial charge in [-0.25, -0.2) is 4.79 Å². The van der Waals surface area contributed by atoms with Gasteiger partial charge in [0.1, 0.15) is 0 Å². The van der Waals surface area contributed by atoms with Gasteiger partial charge in [0.15, 0.2) is 0 Å². The fourth-order valence-corrected chi connectivity index (χ4v) is 1.43.